The molecule has 47 heavy (non-hydrogen) atoms. The van der Waals surface area contributed by atoms with Gasteiger partial charge in [-0.2, -0.15) is 0 Å². The Hall–Kier alpha value is -4.18. The highest BCUT2D eigenvalue weighted by molar-refractivity contribution is 6.06. The van der Waals surface area contributed by atoms with Crippen molar-refractivity contribution in [1.29, 1.82) is 0 Å². The Morgan fingerprint density at radius 2 is 0.787 bits per heavy atom. The first-order chi connectivity index (χ1) is 22.7. The molecule has 0 bridgehead atoms. The maximum Gasteiger partial charge on any atom is 0.199 e. The summed E-state index contributed by atoms with van der Waals surface area (Å²) in [5, 5.41) is 0. The molecule has 0 fully saturated rings. The van der Waals surface area contributed by atoms with Crippen LogP contribution in [0.1, 0.15) is 76.6 Å². The molecule has 2 aliphatic rings. The molecule has 0 saturated heterocycles. The lowest BCUT2D eigenvalue weighted by Crippen LogP contribution is -2.42. The summed E-state index contributed by atoms with van der Waals surface area (Å²) in [5.74, 6) is 2.33. The van der Waals surface area contributed by atoms with Crippen molar-refractivity contribution in [1.82, 2.24) is 0 Å². The Bertz CT molecular complexity index is 1460. The zero-order valence-electron chi connectivity index (χ0n) is 28.9. The molecule has 0 aliphatic carbocycles. The van der Waals surface area contributed by atoms with Gasteiger partial charge in [-0.3, -0.25) is 0 Å². The Labute approximate surface area is 282 Å². The first kappa shape index (κ1) is 32.7. The van der Waals surface area contributed by atoms with Crippen molar-refractivity contribution in [2.75, 3.05) is 13.2 Å². The Kier molecular flexibility index (Phi) is 9.41. The van der Waals surface area contributed by atoms with E-state index < -0.39 is 5.41 Å². The van der Waals surface area contributed by atoms with E-state index in [-0.39, 0.29) is 22.9 Å². The molecule has 0 amide bonds. The lowest BCUT2D eigenvalue weighted by atomic mass is 9.70. The highest BCUT2D eigenvalue weighted by atomic mass is 16.5. The summed E-state index contributed by atoms with van der Waals surface area (Å²) < 4.78 is 13.6. The van der Waals surface area contributed by atoms with E-state index >= 15 is 0 Å². The maximum atomic E-state index is 6.81. The molecule has 6 rings (SSSR count). The zero-order valence-corrected chi connectivity index (χ0v) is 28.9. The van der Waals surface area contributed by atoms with Gasteiger partial charge in [-0.05, 0) is 60.8 Å². The van der Waals surface area contributed by atoms with Crippen LogP contribution in [0.3, 0.4) is 0 Å². The van der Waals surface area contributed by atoms with Crippen molar-refractivity contribution >= 4 is 11.8 Å². The molecular formula is C43H50N2O2. The van der Waals surface area contributed by atoms with Crippen LogP contribution in [0.5, 0.6) is 0 Å². The van der Waals surface area contributed by atoms with Crippen molar-refractivity contribution < 1.29 is 9.47 Å². The molecule has 0 N–H and O–H groups in total. The molecule has 0 aromatic heterocycles. The average Bonchev–Trinajstić information content (AvgIpc) is 3.81. The smallest absolute Gasteiger partial charge is 0.199 e. The van der Waals surface area contributed by atoms with Crippen LogP contribution in [0.2, 0.25) is 0 Å². The molecule has 0 spiro atoms. The average molecular weight is 627 g/mol. The molecule has 2 heterocycles. The predicted octanol–water partition coefficient (Wildman–Crippen LogP) is 9.67. The van der Waals surface area contributed by atoms with Crippen LogP contribution in [-0.4, -0.2) is 37.1 Å². The fraction of sp³-hybridized carbons (Fsp3) is 0.395. The fourth-order valence-electron chi connectivity index (χ4n) is 8.02. The summed E-state index contributed by atoms with van der Waals surface area (Å²) in [7, 11) is 0. The van der Waals surface area contributed by atoms with E-state index in [0.29, 0.717) is 25.0 Å². The van der Waals surface area contributed by atoms with Crippen molar-refractivity contribution in [2.24, 2.45) is 27.2 Å². The monoisotopic (exact) mass is 626 g/mol. The molecule has 4 heteroatoms. The van der Waals surface area contributed by atoms with Crippen LogP contribution >= 0.6 is 0 Å². The van der Waals surface area contributed by atoms with Gasteiger partial charge in [0, 0.05) is 10.8 Å². The van der Waals surface area contributed by atoms with Gasteiger partial charge in [0.15, 0.2) is 11.8 Å². The summed E-state index contributed by atoms with van der Waals surface area (Å²) in [4.78, 5) is 11.1. The summed E-state index contributed by atoms with van der Waals surface area (Å²) in [6.45, 7) is 14.8. The molecule has 2 atom stereocenters. The minimum Gasteiger partial charge on any atom is -0.478 e. The number of hydrogen-bond acceptors (Lipinski definition) is 4. The summed E-state index contributed by atoms with van der Waals surface area (Å²) in [6, 6.07) is 42.9. The summed E-state index contributed by atoms with van der Waals surface area (Å²) in [6.07, 6.45) is 1.70. The predicted molar refractivity (Wildman–Crippen MR) is 194 cm³/mol. The highest BCUT2D eigenvalue weighted by Crippen LogP contribution is 2.47. The zero-order chi connectivity index (χ0) is 33.1. The van der Waals surface area contributed by atoms with Crippen LogP contribution in [0, 0.1) is 17.3 Å². The topological polar surface area (TPSA) is 43.2 Å². The number of benzene rings is 4. The molecule has 244 valence electrons. The van der Waals surface area contributed by atoms with E-state index in [4.69, 9.17) is 19.5 Å². The lowest BCUT2D eigenvalue weighted by molar-refractivity contribution is 0.205. The van der Waals surface area contributed by atoms with Gasteiger partial charge in [-0.25, -0.2) is 9.98 Å². The third-order valence-electron chi connectivity index (χ3n) is 10.5. The minimum atomic E-state index is -0.561. The second kappa shape index (κ2) is 13.5. The molecule has 4 nitrogen and oxygen atoms in total. The molecule has 0 saturated carbocycles. The number of nitrogens with zero attached hydrogens (tertiary/aromatic N) is 2. The van der Waals surface area contributed by atoms with Crippen molar-refractivity contribution in [3.63, 3.8) is 0 Å². The van der Waals surface area contributed by atoms with Gasteiger partial charge in [0.25, 0.3) is 0 Å². The van der Waals surface area contributed by atoms with Crippen LogP contribution < -0.4 is 0 Å². The van der Waals surface area contributed by atoms with Gasteiger partial charge >= 0.3 is 0 Å². The Morgan fingerprint density at radius 1 is 0.511 bits per heavy atom. The Balaban J connectivity index is 1.47. The van der Waals surface area contributed by atoms with Gasteiger partial charge < -0.3 is 9.47 Å². The largest absolute Gasteiger partial charge is 0.478 e. The van der Waals surface area contributed by atoms with Crippen molar-refractivity contribution in [2.45, 2.75) is 77.3 Å². The van der Waals surface area contributed by atoms with Gasteiger partial charge in [0.2, 0.25) is 0 Å². The van der Waals surface area contributed by atoms with Gasteiger partial charge in [-0.1, -0.05) is 149 Å². The molecule has 4 aromatic carbocycles. The molecule has 4 aromatic rings. The minimum absolute atomic E-state index is 0.0993. The van der Waals surface area contributed by atoms with E-state index in [0.717, 1.165) is 24.6 Å². The summed E-state index contributed by atoms with van der Waals surface area (Å²) in [5.41, 5.74) is 3.64. The van der Waals surface area contributed by atoms with Crippen LogP contribution in [0.4, 0.5) is 0 Å². The van der Waals surface area contributed by atoms with Crippen LogP contribution in [0.25, 0.3) is 0 Å². The second-order valence-electron chi connectivity index (χ2n) is 14.7. The summed E-state index contributed by atoms with van der Waals surface area (Å²) >= 11 is 0. The first-order valence-corrected chi connectivity index (χ1v) is 17.3. The fourth-order valence-corrected chi connectivity index (χ4v) is 8.02. The first-order valence-electron chi connectivity index (χ1n) is 17.3. The van der Waals surface area contributed by atoms with Crippen LogP contribution in [0.15, 0.2) is 131 Å². The maximum absolute atomic E-state index is 6.81. The van der Waals surface area contributed by atoms with Crippen molar-refractivity contribution in [3.05, 3.63) is 144 Å². The molecule has 0 radical (unpaired) electrons. The van der Waals surface area contributed by atoms with Crippen molar-refractivity contribution in [3.8, 4) is 0 Å². The number of hydrogen-bond donors (Lipinski definition) is 0. The molecular weight excluding hydrogens is 576 g/mol. The number of aliphatic imine (C=N–C) groups is 2. The second-order valence-corrected chi connectivity index (χ2v) is 14.7. The van der Waals surface area contributed by atoms with Gasteiger partial charge in [0.1, 0.15) is 30.7 Å². The van der Waals surface area contributed by atoms with E-state index in [1.54, 1.807) is 0 Å². The van der Waals surface area contributed by atoms with E-state index in [9.17, 15) is 0 Å². The number of rotatable bonds is 12. The Morgan fingerprint density at radius 3 is 1.04 bits per heavy atom. The SMILES string of the molecule is CC(C)CC(CC(C)C)(C1=N[C@@H](C(C)(c2ccccc2)c2ccccc2)CO1)C1=N[C@@H](C(C)(c2ccccc2)c2ccccc2)CO1. The normalized spacial score (nSPS) is 18.6. The van der Waals surface area contributed by atoms with Gasteiger partial charge in [0.05, 0.1) is 0 Å². The highest BCUT2D eigenvalue weighted by Gasteiger charge is 2.53. The number of ether oxygens (including phenoxy) is 2. The van der Waals surface area contributed by atoms with Gasteiger partial charge in [-0.15, -0.1) is 0 Å². The van der Waals surface area contributed by atoms with E-state index in [1.807, 2.05) is 0 Å². The standard InChI is InChI=1S/C43H50N2O2/c1-31(2)27-43(28-32(3)4,39-44-37(29-46-39)41(5,33-19-11-7-12-20-33)34-21-13-8-14-22-34)40-45-38(30-47-40)42(6,35-23-15-9-16-24-35)36-25-17-10-18-26-36/h7-26,31-32,37-38H,27-30H2,1-6H3/t37-,38-/m1/s1. The molecule has 0 unspecified atom stereocenters. The van der Waals surface area contributed by atoms with E-state index in [1.165, 1.54) is 22.3 Å². The quantitative estimate of drug-likeness (QED) is 0.157. The third-order valence-corrected chi connectivity index (χ3v) is 10.5. The van der Waals surface area contributed by atoms with Crippen LogP contribution in [-0.2, 0) is 20.3 Å². The molecule has 2 aliphatic heterocycles. The van der Waals surface area contributed by atoms with E-state index in [2.05, 4.69) is 163 Å². The third kappa shape index (κ3) is 6.15. The lowest BCUT2D eigenvalue weighted by Gasteiger charge is -2.35.